The maximum atomic E-state index is 13.1. The van der Waals surface area contributed by atoms with Crippen molar-refractivity contribution < 1.29 is 14.3 Å². The lowest BCUT2D eigenvalue weighted by Gasteiger charge is -2.16. The molecule has 5 rings (SSSR count). The number of ether oxygens (including phenoxy) is 2. The summed E-state index contributed by atoms with van der Waals surface area (Å²) in [5.74, 6) is 0.914. The molecule has 39 heavy (non-hydrogen) atoms. The number of carbonyl (C=O) groups excluding carboxylic acids is 1. The summed E-state index contributed by atoms with van der Waals surface area (Å²) < 4.78 is 13.4. The molecule has 1 fully saturated rings. The van der Waals surface area contributed by atoms with E-state index in [0.29, 0.717) is 23.8 Å². The van der Waals surface area contributed by atoms with Gasteiger partial charge in [0, 0.05) is 53.5 Å². The standard InChI is InChI=1S/C31H31N5O3/c1-21-7-8-26(35-30(37)23-5-4-6-25(13-23)31(2,3)20-32)14-28(21)36-17-24(15-34-36)27-16-33-11-9-29(27)39-19-22-10-12-38-18-22/h4-9,11,13-17,22H,10,12,18-19H2,1-3H3,(H,35,37)/t22-/m1/s1. The maximum Gasteiger partial charge on any atom is 0.255 e. The Morgan fingerprint density at radius 1 is 1.23 bits per heavy atom. The number of rotatable bonds is 8. The number of benzene rings is 2. The van der Waals surface area contributed by atoms with E-state index in [1.165, 1.54) is 0 Å². The van der Waals surface area contributed by atoms with Crippen LogP contribution in [0.15, 0.2) is 73.3 Å². The second-order valence-corrected chi connectivity index (χ2v) is 10.4. The number of pyridine rings is 1. The summed E-state index contributed by atoms with van der Waals surface area (Å²) in [6.45, 7) is 7.78. The van der Waals surface area contributed by atoms with E-state index in [-0.39, 0.29) is 5.91 Å². The molecule has 1 aliphatic heterocycles. The zero-order chi connectivity index (χ0) is 27.4. The number of nitrogens with one attached hydrogen (secondary N) is 1. The maximum absolute atomic E-state index is 13.1. The highest BCUT2D eigenvalue weighted by atomic mass is 16.5. The Balaban J connectivity index is 1.35. The van der Waals surface area contributed by atoms with Gasteiger partial charge in [-0.15, -0.1) is 0 Å². The number of carbonyl (C=O) groups is 1. The highest BCUT2D eigenvalue weighted by molar-refractivity contribution is 6.04. The number of hydrogen-bond donors (Lipinski definition) is 1. The van der Waals surface area contributed by atoms with Crippen LogP contribution in [0.1, 0.15) is 41.8 Å². The third-order valence-corrected chi connectivity index (χ3v) is 7.01. The van der Waals surface area contributed by atoms with Crippen LogP contribution in [0.2, 0.25) is 0 Å². The van der Waals surface area contributed by atoms with Crippen LogP contribution in [0.5, 0.6) is 5.75 Å². The normalized spacial score (nSPS) is 15.1. The van der Waals surface area contributed by atoms with Crippen LogP contribution < -0.4 is 10.1 Å². The number of hydrogen-bond acceptors (Lipinski definition) is 6. The second-order valence-electron chi connectivity index (χ2n) is 10.4. The molecule has 0 saturated carbocycles. The molecule has 1 amide bonds. The summed E-state index contributed by atoms with van der Waals surface area (Å²) in [7, 11) is 0. The van der Waals surface area contributed by atoms with E-state index in [1.807, 2.05) is 57.3 Å². The van der Waals surface area contributed by atoms with Crippen LogP contribution in [0.3, 0.4) is 0 Å². The first-order chi connectivity index (χ1) is 18.8. The van der Waals surface area contributed by atoms with Gasteiger partial charge in [-0.3, -0.25) is 9.78 Å². The highest BCUT2D eigenvalue weighted by Crippen LogP contribution is 2.31. The molecule has 0 radical (unpaired) electrons. The molecule has 2 aromatic carbocycles. The second kappa shape index (κ2) is 11.1. The van der Waals surface area contributed by atoms with Gasteiger partial charge >= 0.3 is 0 Å². The topological polar surface area (TPSA) is 102 Å². The first-order valence-electron chi connectivity index (χ1n) is 13.0. The Kier molecular flexibility index (Phi) is 7.44. The van der Waals surface area contributed by atoms with Gasteiger partial charge in [0.15, 0.2) is 0 Å². The van der Waals surface area contributed by atoms with Crippen LogP contribution in [-0.2, 0) is 10.2 Å². The van der Waals surface area contributed by atoms with E-state index in [1.54, 1.807) is 41.5 Å². The lowest BCUT2D eigenvalue weighted by Crippen LogP contribution is -2.17. The summed E-state index contributed by atoms with van der Waals surface area (Å²) in [6, 6.07) is 17.0. The van der Waals surface area contributed by atoms with Gasteiger partial charge in [-0.05, 0) is 68.7 Å². The molecule has 8 nitrogen and oxygen atoms in total. The van der Waals surface area contributed by atoms with E-state index >= 15 is 0 Å². The third kappa shape index (κ3) is 5.84. The molecule has 0 spiro atoms. The molecule has 0 unspecified atom stereocenters. The fraction of sp³-hybridized carbons (Fsp3) is 0.290. The van der Waals surface area contributed by atoms with Gasteiger partial charge in [0.2, 0.25) is 0 Å². The van der Waals surface area contributed by atoms with Crippen molar-refractivity contribution in [3.8, 4) is 28.6 Å². The molecule has 4 aromatic rings. The van der Waals surface area contributed by atoms with Crippen molar-refractivity contribution in [3.63, 3.8) is 0 Å². The van der Waals surface area contributed by atoms with Gasteiger partial charge in [-0.25, -0.2) is 4.68 Å². The minimum absolute atomic E-state index is 0.244. The van der Waals surface area contributed by atoms with Gasteiger partial charge < -0.3 is 14.8 Å². The predicted octanol–water partition coefficient (Wildman–Crippen LogP) is 5.71. The number of anilines is 1. The SMILES string of the molecule is Cc1ccc(NC(=O)c2cccc(C(C)(C)C#N)c2)cc1-n1cc(-c2cnccc2OC[C@@H]2CCOC2)cn1. The van der Waals surface area contributed by atoms with Crippen molar-refractivity contribution in [1.29, 1.82) is 5.26 Å². The molecule has 0 aliphatic carbocycles. The van der Waals surface area contributed by atoms with Crippen molar-refractivity contribution in [1.82, 2.24) is 14.8 Å². The van der Waals surface area contributed by atoms with Crippen LogP contribution in [-0.4, -0.2) is 40.5 Å². The zero-order valence-electron chi connectivity index (χ0n) is 22.3. The molecule has 3 heterocycles. The molecular weight excluding hydrogens is 490 g/mol. The zero-order valence-corrected chi connectivity index (χ0v) is 22.3. The number of aromatic nitrogens is 3. The average molecular weight is 522 g/mol. The lowest BCUT2D eigenvalue weighted by atomic mass is 9.85. The fourth-order valence-electron chi connectivity index (χ4n) is 4.49. The van der Waals surface area contributed by atoms with Crippen LogP contribution >= 0.6 is 0 Å². The smallest absolute Gasteiger partial charge is 0.255 e. The molecule has 2 aromatic heterocycles. The molecular formula is C31H31N5O3. The van der Waals surface area contributed by atoms with Crippen molar-refractivity contribution in [2.24, 2.45) is 5.92 Å². The third-order valence-electron chi connectivity index (χ3n) is 7.01. The Bertz CT molecular complexity index is 1530. The predicted molar refractivity (Wildman–Crippen MR) is 149 cm³/mol. The van der Waals surface area contributed by atoms with Gasteiger partial charge in [0.25, 0.3) is 5.91 Å². The summed E-state index contributed by atoms with van der Waals surface area (Å²) in [5.41, 5.74) is 4.84. The quantitative estimate of drug-likeness (QED) is 0.319. The number of nitrogens with zero attached hydrogens (tertiary/aromatic N) is 4. The minimum atomic E-state index is -0.685. The van der Waals surface area contributed by atoms with E-state index in [4.69, 9.17) is 9.47 Å². The summed E-state index contributed by atoms with van der Waals surface area (Å²) in [5, 5.41) is 17.0. The van der Waals surface area contributed by atoms with E-state index in [9.17, 15) is 10.1 Å². The van der Waals surface area contributed by atoms with E-state index < -0.39 is 5.41 Å². The summed E-state index contributed by atoms with van der Waals surface area (Å²) >= 11 is 0. The molecule has 1 atom stereocenters. The molecule has 8 heteroatoms. The van der Waals surface area contributed by atoms with Gasteiger partial charge in [0.05, 0.1) is 36.6 Å². The average Bonchev–Trinajstić information content (AvgIpc) is 3.66. The first-order valence-corrected chi connectivity index (χ1v) is 13.0. The fourth-order valence-corrected chi connectivity index (χ4v) is 4.49. The minimum Gasteiger partial charge on any atom is -0.492 e. The van der Waals surface area contributed by atoms with E-state index in [0.717, 1.165) is 53.3 Å². The highest BCUT2D eigenvalue weighted by Gasteiger charge is 2.21. The molecule has 198 valence electrons. The first kappa shape index (κ1) is 26.1. The Labute approximate surface area is 228 Å². The molecule has 0 bridgehead atoms. The molecule has 1 aliphatic rings. The van der Waals surface area contributed by atoms with Gasteiger partial charge in [-0.2, -0.15) is 10.4 Å². The Morgan fingerprint density at radius 2 is 2.10 bits per heavy atom. The van der Waals surface area contributed by atoms with Gasteiger partial charge in [0.1, 0.15) is 5.75 Å². The lowest BCUT2D eigenvalue weighted by molar-refractivity contribution is 0.102. The van der Waals surface area contributed by atoms with Crippen LogP contribution in [0.4, 0.5) is 5.69 Å². The van der Waals surface area contributed by atoms with Gasteiger partial charge in [-0.1, -0.05) is 18.2 Å². The van der Waals surface area contributed by atoms with Crippen molar-refractivity contribution in [2.75, 3.05) is 25.1 Å². The van der Waals surface area contributed by atoms with E-state index in [2.05, 4.69) is 21.5 Å². The summed E-state index contributed by atoms with van der Waals surface area (Å²) in [4.78, 5) is 17.3. The van der Waals surface area contributed by atoms with Crippen molar-refractivity contribution in [2.45, 2.75) is 32.6 Å². The molecule has 1 N–H and O–H groups in total. The Morgan fingerprint density at radius 3 is 2.90 bits per heavy atom. The Hall–Kier alpha value is -4.48. The molecule has 1 saturated heterocycles. The van der Waals surface area contributed by atoms with Crippen LogP contribution in [0.25, 0.3) is 16.8 Å². The number of aryl methyl sites for hydroxylation is 1. The monoisotopic (exact) mass is 521 g/mol. The van der Waals surface area contributed by atoms with Crippen molar-refractivity contribution >= 4 is 11.6 Å². The van der Waals surface area contributed by atoms with Crippen LogP contribution in [0, 0.1) is 24.2 Å². The summed E-state index contributed by atoms with van der Waals surface area (Å²) in [6.07, 6.45) is 8.24. The number of amides is 1. The van der Waals surface area contributed by atoms with Crippen molar-refractivity contribution in [3.05, 3.63) is 90.0 Å². The number of nitriles is 1. The largest absolute Gasteiger partial charge is 0.492 e.